The van der Waals surface area contributed by atoms with Gasteiger partial charge in [0, 0.05) is 23.9 Å². The van der Waals surface area contributed by atoms with Crippen molar-refractivity contribution in [3.05, 3.63) is 15.6 Å². The molecule has 2 saturated carbocycles. The zero-order chi connectivity index (χ0) is 12.5. The Kier molecular flexibility index (Phi) is 3.68. The summed E-state index contributed by atoms with van der Waals surface area (Å²) in [5, 5.41) is 4.49. The van der Waals surface area contributed by atoms with Crippen LogP contribution in [0.4, 0.5) is 0 Å². The summed E-state index contributed by atoms with van der Waals surface area (Å²) in [6.45, 7) is 3.83. The molecule has 0 aliphatic heterocycles. The van der Waals surface area contributed by atoms with Crippen LogP contribution >= 0.6 is 11.3 Å². The lowest BCUT2D eigenvalue weighted by Gasteiger charge is -2.12. The molecule has 1 aromatic rings. The first kappa shape index (κ1) is 12.6. The first-order valence-corrected chi connectivity index (χ1v) is 7.90. The Morgan fingerprint density at radius 1 is 1.39 bits per heavy atom. The van der Waals surface area contributed by atoms with Gasteiger partial charge in [0.15, 0.2) is 0 Å². The molecule has 1 atom stereocenters. The molecule has 3 nitrogen and oxygen atoms in total. The highest BCUT2D eigenvalue weighted by Crippen LogP contribution is 2.48. The summed E-state index contributed by atoms with van der Waals surface area (Å²) >= 11 is 1.87. The summed E-state index contributed by atoms with van der Waals surface area (Å²) in [7, 11) is 2.01. The average molecular weight is 266 g/mol. The number of rotatable bonds is 7. The standard InChI is InChI=1S/C14H22N2OS/c1-3-17-13(10-6-7-10)14-16-12(9-4-5-9)11(18-14)8-15-2/h9-10,13,15H,3-8H2,1-2H3. The number of ether oxygens (including phenoxy) is 1. The number of nitrogens with zero attached hydrogens (tertiary/aromatic N) is 1. The molecule has 4 heteroatoms. The Morgan fingerprint density at radius 2 is 2.17 bits per heavy atom. The van der Waals surface area contributed by atoms with E-state index in [-0.39, 0.29) is 6.10 Å². The molecule has 1 unspecified atom stereocenters. The molecular weight excluding hydrogens is 244 g/mol. The van der Waals surface area contributed by atoms with Crippen molar-refractivity contribution < 1.29 is 4.74 Å². The minimum atomic E-state index is 0.267. The second kappa shape index (κ2) is 5.27. The molecule has 2 aliphatic rings. The van der Waals surface area contributed by atoms with Gasteiger partial charge in [0.25, 0.3) is 0 Å². The lowest BCUT2D eigenvalue weighted by atomic mass is 10.2. The summed E-state index contributed by atoms with van der Waals surface area (Å²) in [6, 6.07) is 0. The second-order valence-corrected chi connectivity index (χ2v) is 6.49. The third-order valence-electron chi connectivity index (χ3n) is 3.69. The van der Waals surface area contributed by atoms with Crippen LogP contribution in [-0.4, -0.2) is 18.6 Å². The van der Waals surface area contributed by atoms with Crippen LogP contribution in [0.1, 0.15) is 60.2 Å². The van der Waals surface area contributed by atoms with Gasteiger partial charge in [-0.05, 0) is 45.6 Å². The molecule has 0 saturated heterocycles. The number of aromatic nitrogens is 1. The van der Waals surface area contributed by atoms with Crippen LogP contribution in [0.15, 0.2) is 0 Å². The zero-order valence-electron chi connectivity index (χ0n) is 11.2. The molecule has 0 amide bonds. The van der Waals surface area contributed by atoms with Crippen LogP contribution < -0.4 is 5.32 Å². The fraction of sp³-hybridized carbons (Fsp3) is 0.786. The Balaban J connectivity index is 1.83. The molecule has 1 heterocycles. The molecule has 3 rings (SSSR count). The third-order valence-corrected chi connectivity index (χ3v) is 4.82. The minimum absolute atomic E-state index is 0.267. The van der Waals surface area contributed by atoms with Gasteiger partial charge in [-0.25, -0.2) is 4.98 Å². The normalized spacial score (nSPS) is 21.2. The zero-order valence-corrected chi connectivity index (χ0v) is 12.1. The first-order chi connectivity index (χ1) is 8.83. The maximum atomic E-state index is 5.93. The van der Waals surface area contributed by atoms with Crippen molar-refractivity contribution >= 4 is 11.3 Å². The highest BCUT2D eigenvalue weighted by molar-refractivity contribution is 7.11. The summed E-state index contributed by atoms with van der Waals surface area (Å²) in [5.41, 5.74) is 1.36. The van der Waals surface area contributed by atoms with Crippen molar-refractivity contribution in [2.75, 3.05) is 13.7 Å². The summed E-state index contributed by atoms with van der Waals surface area (Å²) < 4.78 is 5.93. The predicted octanol–water partition coefficient (Wildman–Crippen LogP) is 3.23. The van der Waals surface area contributed by atoms with E-state index in [0.29, 0.717) is 0 Å². The fourth-order valence-corrected chi connectivity index (χ4v) is 3.76. The minimum Gasteiger partial charge on any atom is -0.371 e. The van der Waals surface area contributed by atoms with Crippen molar-refractivity contribution in [3.8, 4) is 0 Å². The van der Waals surface area contributed by atoms with Gasteiger partial charge in [-0.2, -0.15) is 0 Å². The molecule has 18 heavy (non-hydrogen) atoms. The fourth-order valence-electron chi connectivity index (χ4n) is 2.45. The SMILES string of the molecule is CCOC(c1nc(C2CC2)c(CNC)s1)C1CC1. The summed E-state index contributed by atoms with van der Waals surface area (Å²) in [5.74, 6) is 1.46. The van der Waals surface area contributed by atoms with Crippen molar-refractivity contribution in [3.63, 3.8) is 0 Å². The van der Waals surface area contributed by atoms with Crippen molar-refractivity contribution in [1.82, 2.24) is 10.3 Å². The summed E-state index contributed by atoms with van der Waals surface area (Å²) in [4.78, 5) is 6.36. The van der Waals surface area contributed by atoms with Crippen molar-refractivity contribution in [2.24, 2.45) is 5.92 Å². The second-order valence-electron chi connectivity index (χ2n) is 5.38. The van der Waals surface area contributed by atoms with E-state index >= 15 is 0 Å². The van der Waals surface area contributed by atoms with Gasteiger partial charge < -0.3 is 10.1 Å². The van der Waals surface area contributed by atoms with E-state index in [2.05, 4.69) is 12.2 Å². The highest BCUT2D eigenvalue weighted by Gasteiger charge is 2.37. The maximum Gasteiger partial charge on any atom is 0.122 e. The largest absolute Gasteiger partial charge is 0.371 e. The van der Waals surface area contributed by atoms with Gasteiger partial charge in [-0.1, -0.05) is 0 Å². The number of hydrogen-bond acceptors (Lipinski definition) is 4. The molecule has 2 aliphatic carbocycles. The number of nitrogens with one attached hydrogen (secondary N) is 1. The Labute approximate surface area is 113 Å². The number of thiazole rings is 1. The van der Waals surface area contributed by atoms with Crippen LogP contribution in [0, 0.1) is 5.92 Å². The van der Waals surface area contributed by atoms with E-state index < -0.39 is 0 Å². The molecule has 0 radical (unpaired) electrons. The van der Waals surface area contributed by atoms with E-state index in [1.165, 1.54) is 41.3 Å². The van der Waals surface area contributed by atoms with Crippen LogP contribution in [-0.2, 0) is 11.3 Å². The van der Waals surface area contributed by atoms with Crippen LogP contribution in [0.5, 0.6) is 0 Å². The lowest BCUT2D eigenvalue weighted by molar-refractivity contribution is 0.0461. The van der Waals surface area contributed by atoms with Crippen LogP contribution in [0.3, 0.4) is 0 Å². The molecule has 1 N–H and O–H groups in total. The monoisotopic (exact) mass is 266 g/mol. The highest BCUT2D eigenvalue weighted by atomic mass is 32.1. The molecule has 0 bridgehead atoms. The number of hydrogen-bond donors (Lipinski definition) is 1. The molecule has 0 aromatic carbocycles. The maximum absolute atomic E-state index is 5.93. The predicted molar refractivity (Wildman–Crippen MR) is 73.9 cm³/mol. The molecule has 100 valence electrons. The van der Waals surface area contributed by atoms with E-state index in [1.54, 1.807) is 0 Å². The molecule has 1 aromatic heterocycles. The van der Waals surface area contributed by atoms with Crippen molar-refractivity contribution in [2.45, 2.75) is 51.2 Å². The molecule has 2 fully saturated rings. The van der Waals surface area contributed by atoms with Gasteiger partial charge in [-0.15, -0.1) is 11.3 Å². The van der Waals surface area contributed by atoms with E-state index in [1.807, 2.05) is 18.4 Å². The first-order valence-electron chi connectivity index (χ1n) is 7.09. The van der Waals surface area contributed by atoms with Crippen molar-refractivity contribution in [1.29, 1.82) is 0 Å². The Morgan fingerprint density at radius 3 is 2.72 bits per heavy atom. The quantitative estimate of drug-likeness (QED) is 0.822. The topological polar surface area (TPSA) is 34.1 Å². The smallest absolute Gasteiger partial charge is 0.122 e. The van der Waals surface area contributed by atoms with Gasteiger partial charge in [0.05, 0.1) is 5.69 Å². The van der Waals surface area contributed by atoms with Gasteiger partial charge in [0.1, 0.15) is 11.1 Å². The Hall–Kier alpha value is -0.450. The molecular formula is C14H22N2OS. The van der Waals surface area contributed by atoms with Crippen LogP contribution in [0.2, 0.25) is 0 Å². The summed E-state index contributed by atoms with van der Waals surface area (Å²) in [6.07, 6.45) is 5.53. The van der Waals surface area contributed by atoms with E-state index in [4.69, 9.17) is 9.72 Å². The van der Waals surface area contributed by atoms with E-state index in [9.17, 15) is 0 Å². The van der Waals surface area contributed by atoms with Gasteiger partial charge in [-0.3, -0.25) is 0 Å². The van der Waals surface area contributed by atoms with Gasteiger partial charge >= 0.3 is 0 Å². The lowest BCUT2D eigenvalue weighted by Crippen LogP contribution is -2.06. The molecule has 0 spiro atoms. The average Bonchev–Trinajstić information content (AvgIpc) is 3.25. The van der Waals surface area contributed by atoms with Gasteiger partial charge in [0.2, 0.25) is 0 Å². The third kappa shape index (κ3) is 2.60. The Bertz CT molecular complexity index is 410. The van der Waals surface area contributed by atoms with Crippen LogP contribution in [0.25, 0.3) is 0 Å². The van der Waals surface area contributed by atoms with E-state index in [0.717, 1.165) is 25.0 Å².